The predicted octanol–water partition coefficient (Wildman–Crippen LogP) is 4.41. The monoisotopic (exact) mass is 491 g/mol. The Morgan fingerprint density at radius 1 is 1.11 bits per heavy atom. The molecule has 0 aliphatic carbocycles. The number of nitrogens with one attached hydrogen (secondary N) is 2. The van der Waals surface area contributed by atoms with Crippen LogP contribution in [-0.4, -0.2) is 42.0 Å². The topological polar surface area (TPSA) is 125 Å². The molecular formula is C27H33N5O4. The standard InChI is InChI=1S/C27H33N5O4/c1-4-5-6-7-25(35)28-11-13-31-12-10-18-14-19(8-9-22(18)31)32-26(29-30-27(32)36)21-15-20(17(2)3)23(33)16-24(21)34/h8-10,12,14-17,33-34H,4-7,11,13H2,1-3H3,(H,28,35)(H,30,36). The van der Waals surface area contributed by atoms with Crippen molar-refractivity contribution in [3.05, 3.63) is 58.6 Å². The minimum atomic E-state index is -0.437. The number of aromatic hydroxyl groups is 2. The molecule has 190 valence electrons. The van der Waals surface area contributed by atoms with Gasteiger partial charge in [0.15, 0.2) is 5.82 Å². The van der Waals surface area contributed by atoms with Crippen LogP contribution in [-0.2, 0) is 11.3 Å². The fraction of sp³-hybridized carbons (Fsp3) is 0.370. The number of rotatable bonds is 10. The van der Waals surface area contributed by atoms with Gasteiger partial charge in [0, 0.05) is 42.7 Å². The molecule has 9 heteroatoms. The SMILES string of the molecule is CCCCCC(=O)NCCn1ccc2cc(-n3c(-c4cc(C(C)C)c(O)cc4O)n[nH]c3=O)ccc21. The van der Waals surface area contributed by atoms with Gasteiger partial charge in [-0.25, -0.2) is 14.5 Å². The third kappa shape index (κ3) is 5.15. The summed E-state index contributed by atoms with van der Waals surface area (Å²) < 4.78 is 3.47. The van der Waals surface area contributed by atoms with E-state index >= 15 is 0 Å². The molecule has 0 spiro atoms. The first kappa shape index (κ1) is 25.1. The van der Waals surface area contributed by atoms with Gasteiger partial charge >= 0.3 is 5.69 Å². The highest BCUT2D eigenvalue weighted by atomic mass is 16.3. The summed E-state index contributed by atoms with van der Waals surface area (Å²) in [6.45, 7) is 7.16. The van der Waals surface area contributed by atoms with Crippen LogP contribution < -0.4 is 11.0 Å². The first-order chi connectivity index (χ1) is 17.3. The highest BCUT2D eigenvalue weighted by Gasteiger charge is 2.20. The zero-order valence-corrected chi connectivity index (χ0v) is 20.9. The smallest absolute Gasteiger partial charge is 0.348 e. The van der Waals surface area contributed by atoms with Gasteiger partial charge in [0.05, 0.1) is 11.3 Å². The van der Waals surface area contributed by atoms with Crippen molar-refractivity contribution in [3.63, 3.8) is 0 Å². The summed E-state index contributed by atoms with van der Waals surface area (Å²) in [7, 11) is 0. The molecule has 36 heavy (non-hydrogen) atoms. The quantitative estimate of drug-likeness (QED) is 0.245. The van der Waals surface area contributed by atoms with Crippen LogP contribution in [0, 0.1) is 0 Å². The molecule has 9 nitrogen and oxygen atoms in total. The minimum absolute atomic E-state index is 0.00408. The lowest BCUT2D eigenvalue weighted by Crippen LogP contribution is -2.26. The predicted molar refractivity (Wildman–Crippen MR) is 140 cm³/mol. The number of fused-ring (bicyclic) bond motifs is 1. The summed E-state index contributed by atoms with van der Waals surface area (Å²) in [5.74, 6) is 0.175. The molecule has 0 atom stereocenters. The van der Waals surface area contributed by atoms with Crippen LogP contribution in [0.15, 0.2) is 47.4 Å². The molecule has 4 rings (SSSR count). The van der Waals surface area contributed by atoms with Crippen LogP contribution in [0.5, 0.6) is 11.5 Å². The van der Waals surface area contributed by atoms with E-state index in [2.05, 4.69) is 27.0 Å². The van der Waals surface area contributed by atoms with Crippen LogP contribution in [0.1, 0.15) is 57.9 Å². The number of aromatic amines is 1. The van der Waals surface area contributed by atoms with Crippen LogP contribution in [0.25, 0.3) is 28.0 Å². The van der Waals surface area contributed by atoms with Gasteiger partial charge in [0.2, 0.25) is 5.91 Å². The number of aromatic nitrogens is 4. The third-order valence-electron chi connectivity index (χ3n) is 6.38. The molecule has 0 radical (unpaired) electrons. The fourth-order valence-electron chi connectivity index (χ4n) is 4.41. The van der Waals surface area contributed by atoms with E-state index in [4.69, 9.17) is 0 Å². The van der Waals surface area contributed by atoms with Gasteiger partial charge in [-0.3, -0.25) is 4.79 Å². The number of nitrogens with zero attached hydrogens (tertiary/aromatic N) is 3. The highest BCUT2D eigenvalue weighted by molar-refractivity contribution is 5.83. The molecule has 0 aliphatic rings. The van der Waals surface area contributed by atoms with Gasteiger partial charge in [-0.2, -0.15) is 5.10 Å². The number of hydrogen-bond acceptors (Lipinski definition) is 5. The summed E-state index contributed by atoms with van der Waals surface area (Å²) in [4.78, 5) is 24.7. The first-order valence-electron chi connectivity index (χ1n) is 12.4. The fourth-order valence-corrected chi connectivity index (χ4v) is 4.41. The van der Waals surface area contributed by atoms with E-state index in [-0.39, 0.29) is 29.1 Å². The third-order valence-corrected chi connectivity index (χ3v) is 6.38. The van der Waals surface area contributed by atoms with E-state index < -0.39 is 5.69 Å². The Bertz CT molecular complexity index is 1430. The van der Waals surface area contributed by atoms with Crippen LogP contribution >= 0.6 is 0 Å². The molecule has 4 aromatic rings. The summed E-state index contributed by atoms with van der Waals surface area (Å²) in [6, 6.07) is 10.5. The van der Waals surface area contributed by atoms with Crippen molar-refractivity contribution in [2.24, 2.45) is 0 Å². The second-order valence-corrected chi connectivity index (χ2v) is 9.33. The number of benzene rings is 2. The number of unbranched alkanes of at least 4 members (excludes halogenated alkanes) is 2. The molecule has 2 aromatic carbocycles. The maximum atomic E-state index is 12.7. The number of carbonyl (C=O) groups is 1. The molecule has 0 bridgehead atoms. The number of carbonyl (C=O) groups excluding carboxylic acids is 1. The van der Waals surface area contributed by atoms with E-state index in [1.807, 2.05) is 44.3 Å². The minimum Gasteiger partial charge on any atom is -0.508 e. The van der Waals surface area contributed by atoms with Crippen molar-refractivity contribution in [2.45, 2.75) is 58.9 Å². The largest absolute Gasteiger partial charge is 0.508 e. The Balaban J connectivity index is 1.59. The van der Waals surface area contributed by atoms with Gasteiger partial charge in [0.25, 0.3) is 0 Å². The Hall–Kier alpha value is -4.01. The summed E-state index contributed by atoms with van der Waals surface area (Å²) >= 11 is 0. The van der Waals surface area contributed by atoms with Gasteiger partial charge < -0.3 is 20.1 Å². The second kappa shape index (κ2) is 10.7. The Morgan fingerprint density at radius 2 is 1.92 bits per heavy atom. The lowest BCUT2D eigenvalue weighted by Gasteiger charge is -2.13. The van der Waals surface area contributed by atoms with Gasteiger partial charge in [-0.1, -0.05) is 33.6 Å². The average Bonchev–Trinajstić information content (AvgIpc) is 3.42. The van der Waals surface area contributed by atoms with E-state index in [0.29, 0.717) is 36.3 Å². The molecule has 0 saturated heterocycles. The summed E-state index contributed by atoms with van der Waals surface area (Å²) in [6.07, 6.45) is 5.57. The van der Waals surface area contributed by atoms with Gasteiger partial charge in [-0.15, -0.1) is 0 Å². The molecule has 1 amide bonds. The highest BCUT2D eigenvalue weighted by Crippen LogP contribution is 2.37. The molecule has 0 unspecified atom stereocenters. The van der Waals surface area contributed by atoms with E-state index in [1.165, 1.54) is 10.6 Å². The lowest BCUT2D eigenvalue weighted by molar-refractivity contribution is -0.121. The zero-order chi connectivity index (χ0) is 25.8. The van der Waals surface area contributed by atoms with Crippen molar-refractivity contribution in [3.8, 4) is 28.6 Å². The molecule has 0 saturated carbocycles. The molecule has 0 fully saturated rings. The normalized spacial score (nSPS) is 11.4. The average molecular weight is 492 g/mol. The lowest BCUT2D eigenvalue weighted by atomic mass is 9.98. The first-order valence-corrected chi connectivity index (χ1v) is 12.4. The second-order valence-electron chi connectivity index (χ2n) is 9.33. The zero-order valence-electron chi connectivity index (χ0n) is 20.9. The van der Waals surface area contributed by atoms with E-state index in [0.717, 1.165) is 30.2 Å². The van der Waals surface area contributed by atoms with Crippen molar-refractivity contribution in [2.75, 3.05) is 6.54 Å². The Morgan fingerprint density at radius 3 is 2.67 bits per heavy atom. The van der Waals surface area contributed by atoms with E-state index in [1.54, 1.807) is 6.07 Å². The van der Waals surface area contributed by atoms with Crippen LogP contribution in [0.4, 0.5) is 0 Å². The number of hydrogen-bond donors (Lipinski definition) is 4. The maximum Gasteiger partial charge on any atom is 0.348 e. The number of H-pyrrole nitrogens is 1. The number of phenolic OH excluding ortho intramolecular Hbond substituents is 2. The molecule has 2 heterocycles. The van der Waals surface area contributed by atoms with Crippen molar-refractivity contribution in [1.29, 1.82) is 0 Å². The Labute approximate surface area is 209 Å². The van der Waals surface area contributed by atoms with Crippen molar-refractivity contribution >= 4 is 16.8 Å². The van der Waals surface area contributed by atoms with Crippen molar-refractivity contribution < 1.29 is 15.0 Å². The molecule has 0 aliphatic heterocycles. The van der Waals surface area contributed by atoms with Gasteiger partial charge in [0.1, 0.15) is 11.5 Å². The number of phenols is 2. The van der Waals surface area contributed by atoms with E-state index in [9.17, 15) is 19.8 Å². The maximum absolute atomic E-state index is 12.7. The molecular weight excluding hydrogens is 458 g/mol. The van der Waals surface area contributed by atoms with Crippen LogP contribution in [0.2, 0.25) is 0 Å². The van der Waals surface area contributed by atoms with Crippen LogP contribution in [0.3, 0.4) is 0 Å². The summed E-state index contributed by atoms with van der Waals surface area (Å²) in [5.41, 5.74) is 2.13. The molecule has 2 aromatic heterocycles. The molecule has 4 N–H and O–H groups in total. The Kier molecular flexibility index (Phi) is 7.47. The van der Waals surface area contributed by atoms with Gasteiger partial charge in [-0.05, 0) is 48.2 Å². The number of amides is 1. The van der Waals surface area contributed by atoms with Crippen molar-refractivity contribution in [1.82, 2.24) is 24.6 Å². The summed E-state index contributed by atoms with van der Waals surface area (Å²) in [5, 5.41) is 31.3.